The molecule has 17 heavy (non-hydrogen) atoms. The number of halogens is 1. The molecule has 1 aromatic rings. The van der Waals surface area contributed by atoms with Crippen molar-refractivity contribution in [3.05, 3.63) is 27.3 Å². The molecule has 3 nitrogen and oxygen atoms in total. The predicted octanol–water partition coefficient (Wildman–Crippen LogP) is 2.63. The third-order valence-electron chi connectivity index (χ3n) is 3.10. The quantitative estimate of drug-likeness (QED) is 0.852. The Bertz CT molecular complexity index is 429. The Morgan fingerprint density at radius 2 is 2.24 bits per heavy atom. The first-order valence-corrected chi connectivity index (χ1v) is 6.91. The highest BCUT2D eigenvalue weighted by atomic mass is 127. The van der Waals surface area contributed by atoms with E-state index in [0.29, 0.717) is 12.6 Å². The first-order chi connectivity index (χ1) is 8.08. The van der Waals surface area contributed by atoms with Crippen LogP contribution in [0.4, 0.5) is 5.69 Å². The maximum Gasteiger partial charge on any atom is 0.241 e. The molecule has 1 fully saturated rings. The SMILES string of the molecule is Cc1ccc(NCC(=O)N(C)C2CC2)cc1I. The molecule has 0 bridgehead atoms. The monoisotopic (exact) mass is 344 g/mol. The highest BCUT2D eigenvalue weighted by Gasteiger charge is 2.29. The van der Waals surface area contributed by atoms with Crippen molar-refractivity contribution in [2.24, 2.45) is 0 Å². The molecule has 4 heteroatoms. The highest BCUT2D eigenvalue weighted by Crippen LogP contribution is 2.25. The number of amides is 1. The number of nitrogens with zero attached hydrogens (tertiary/aromatic N) is 1. The minimum atomic E-state index is 0.170. The Balaban J connectivity index is 1.88. The van der Waals surface area contributed by atoms with Gasteiger partial charge in [-0.15, -0.1) is 0 Å². The number of hydrogen-bond acceptors (Lipinski definition) is 2. The van der Waals surface area contributed by atoms with Gasteiger partial charge in [-0.05, 0) is 60.1 Å². The van der Waals surface area contributed by atoms with Gasteiger partial charge in [0.1, 0.15) is 0 Å². The second-order valence-electron chi connectivity index (χ2n) is 4.55. The number of likely N-dealkylation sites (N-methyl/N-ethyl adjacent to an activating group) is 1. The van der Waals surface area contributed by atoms with Crippen molar-refractivity contribution in [2.75, 3.05) is 18.9 Å². The van der Waals surface area contributed by atoms with E-state index in [1.807, 2.05) is 18.0 Å². The van der Waals surface area contributed by atoms with Crippen molar-refractivity contribution in [3.63, 3.8) is 0 Å². The lowest BCUT2D eigenvalue weighted by atomic mass is 10.2. The summed E-state index contributed by atoms with van der Waals surface area (Å²) in [5.74, 6) is 0.170. The van der Waals surface area contributed by atoms with E-state index in [4.69, 9.17) is 0 Å². The van der Waals surface area contributed by atoms with E-state index in [2.05, 4.69) is 47.0 Å². The van der Waals surface area contributed by atoms with Crippen LogP contribution < -0.4 is 5.32 Å². The lowest BCUT2D eigenvalue weighted by Gasteiger charge is -2.17. The maximum atomic E-state index is 11.8. The van der Waals surface area contributed by atoms with Crippen LogP contribution in [-0.4, -0.2) is 30.4 Å². The predicted molar refractivity (Wildman–Crippen MR) is 78.2 cm³/mol. The average molecular weight is 344 g/mol. The van der Waals surface area contributed by atoms with Crippen molar-refractivity contribution in [1.82, 2.24) is 4.90 Å². The van der Waals surface area contributed by atoms with Crippen LogP contribution in [0.1, 0.15) is 18.4 Å². The van der Waals surface area contributed by atoms with E-state index in [1.54, 1.807) is 0 Å². The largest absolute Gasteiger partial charge is 0.376 e. The maximum absolute atomic E-state index is 11.8. The molecule has 1 amide bonds. The molecule has 1 aromatic carbocycles. The fourth-order valence-electron chi connectivity index (χ4n) is 1.67. The van der Waals surface area contributed by atoms with E-state index in [9.17, 15) is 4.79 Å². The Hall–Kier alpha value is -0.780. The molecule has 92 valence electrons. The highest BCUT2D eigenvalue weighted by molar-refractivity contribution is 14.1. The molecule has 1 aliphatic rings. The molecule has 0 radical (unpaired) electrons. The van der Waals surface area contributed by atoms with Crippen LogP contribution in [0, 0.1) is 10.5 Å². The molecule has 0 heterocycles. The summed E-state index contributed by atoms with van der Waals surface area (Å²) in [6.07, 6.45) is 2.31. The van der Waals surface area contributed by atoms with E-state index in [-0.39, 0.29) is 5.91 Å². The molecular formula is C13H17IN2O. The summed E-state index contributed by atoms with van der Waals surface area (Å²) < 4.78 is 1.22. The van der Waals surface area contributed by atoms with Gasteiger partial charge in [-0.1, -0.05) is 6.07 Å². The lowest BCUT2D eigenvalue weighted by molar-refractivity contribution is -0.128. The second kappa shape index (κ2) is 5.25. The fourth-order valence-corrected chi connectivity index (χ4v) is 2.19. The van der Waals surface area contributed by atoms with Gasteiger partial charge < -0.3 is 10.2 Å². The summed E-state index contributed by atoms with van der Waals surface area (Å²) in [5.41, 5.74) is 2.27. The van der Waals surface area contributed by atoms with Crippen molar-refractivity contribution < 1.29 is 4.79 Å². The molecule has 1 saturated carbocycles. The number of carbonyl (C=O) groups excluding carboxylic acids is 1. The zero-order chi connectivity index (χ0) is 12.4. The first kappa shape index (κ1) is 12.7. The van der Waals surface area contributed by atoms with Gasteiger partial charge in [0.05, 0.1) is 6.54 Å². The van der Waals surface area contributed by atoms with Crippen LogP contribution in [-0.2, 0) is 4.79 Å². The zero-order valence-electron chi connectivity index (χ0n) is 10.2. The summed E-state index contributed by atoms with van der Waals surface area (Å²) in [6.45, 7) is 2.46. The van der Waals surface area contributed by atoms with Crippen LogP contribution in [0.25, 0.3) is 0 Å². The Kier molecular flexibility index (Phi) is 3.91. The van der Waals surface area contributed by atoms with Crippen LogP contribution in [0.3, 0.4) is 0 Å². The zero-order valence-corrected chi connectivity index (χ0v) is 12.3. The normalized spacial score (nSPS) is 14.5. The molecule has 0 aliphatic heterocycles. The molecule has 0 aromatic heterocycles. The van der Waals surface area contributed by atoms with E-state index in [1.165, 1.54) is 9.13 Å². The number of aryl methyl sites for hydroxylation is 1. The lowest BCUT2D eigenvalue weighted by Crippen LogP contribution is -2.33. The summed E-state index contributed by atoms with van der Waals surface area (Å²) in [7, 11) is 1.89. The smallest absolute Gasteiger partial charge is 0.241 e. The number of hydrogen-bond donors (Lipinski definition) is 1. The molecule has 0 atom stereocenters. The summed E-state index contributed by atoms with van der Waals surface area (Å²) >= 11 is 2.31. The van der Waals surface area contributed by atoms with Gasteiger partial charge in [0.2, 0.25) is 5.91 Å². The Morgan fingerprint density at radius 1 is 1.53 bits per heavy atom. The Labute approximate surface area is 116 Å². The van der Waals surface area contributed by atoms with Gasteiger partial charge in [0.15, 0.2) is 0 Å². The van der Waals surface area contributed by atoms with Gasteiger partial charge >= 0.3 is 0 Å². The summed E-state index contributed by atoms with van der Waals surface area (Å²) in [4.78, 5) is 13.7. The Morgan fingerprint density at radius 3 is 2.82 bits per heavy atom. The average Bonchev–Trinajstić information content (AvgIpc) is 3.13. The van der Waals surface area contributed by atoms with Gasteiger partial charge in [-0.25, -0.2) is 0 Å². The van der Waals surface area contributed by atoms with E-state index in [0.717, 1.165) is 18.5 Å². The molecule has 0 saturated heterocycles. The topological polar surface area (TPSA) is 32.3 Å². The van der Waals surface area contributed by atoms with Crippen LogP contribution in [0.2, 0.25) is 0 Å². The van der Waals surface area contributed by atoms with Crippen LogP contribution in [0.5, 0.6) is 0 Å². The summed E-state index contributed by atoms with van der Waals surface area (Å²) in [5, 5.41) is 3.18. The minimum absolute atomic E-state index is 0.170. The summed E-state index contributed by atoms with van der Waals surface area (Å²) in [6, 6.07) is 6.64. The number of rotatable bonds is 4. The van der Waals surface area contributed by atoms with Crippen LogP contribution >= 0.6 is 22.6 Å². The third-order valence-corrected chi connectivity index (χ3v) is 4.27. The van der Waals surface area contributed by atoms with Crippen molar-refractivity contribution in [2.45, 2.75) is 25.8 Å². The molecule has 2 rings (SSSR count). The van der Waals surface area contributed by atoms with Crippen molar-refractivity contribution >= 4 is 34.2 Å². The van der Waals surface area contributed by atoms with Gasteiger partial charge in [0, 0.05) is 22.3 Å². The van der Waals surface area contributed by atoms with Crippen molar-refractivity contribution in [3.8, 4) is 0 Å². The van der Waals surface area contributed by atoms with Gasteiger partial charge in [-0.2, -0.15) is 0 Å². The number of benzene rings is 1. The molecular weight excluding hydrogens is 327 g/mol. The van der Waals surface area contributed by atoms with Gasteiger partial charge in [-0.3, -0.25) is 4.79 Å². The van der Waals surface area contributed by atoms with Crippen molar-refractivity contribution in [1.29, 1.82) is 0 Å². The standard InChI is InChI=1S/C13H17IN2O/c1-9-3-4-10(7-12(9)14)15-8-13(17)16(2)11-5-6-11/h3-4,7,11,15H,5-6,8H2,1-2H3. The molecule has 1 aliphatic carbocycles. The third kappa shape index (κ3) is 3.34. The fraction of sp³-hybridized carbons (Fsp3) is 0.462. The molecule has 0 spiro atoms. The van der Waals surface area contributed by atoms with Crippen LogP contribution in [0.15, 0.2) is 18.2 Å². The minimum Gasteiger partial charge on any atom is -0.376 e. The second-order valence-corrected chi connectivity index (χ2v) is 5.72. The van der Waals surface area contributed by atoms with E-state index >= 15 is 0 Å². The van der Waals surface area contributed by atoms with E-state index < -0.39 is 0 Å². The van der Waals surface area contributed by atoms with Gasteiger partial charge in [0.25, 0.3) is 0 Å². The molecule has 1 N–H and O–H groups in total. The molecule has 0 unspecified atom stereocenters. The number of nitrogens with one attached hydrogen (secondary N) is 1. The number of carbonyl (C=O) groups is 1. The first-order valence-electron chi connectivity index (χ1n) is 5.83. The number of anilines is 1.